The van der Waals surface area contributed by atoms with E-state index in [0.717, 1.165) is 33.9 Å². The number of carbonyl (C=O) groups excluding carboxylic acids is 3. The lowest BCUT2D eigenvalue weighted by molar-refractivity contribution is -0.147. The van der Waals surface area contributed by atoms with Crippen molar-refractivity contribution in [2.75, 3.05) is 0 Å². The third-order valence-electron chi connectivity index (χ3n) is 5.58. The number of fused-ring (bicyclic) bond motifs is 1. The maximum atomic E-state index is 13.0. The second kappa shape index (κ2) is 11.7. The van der Waals surface area contributed by atoms with Gasteiger partial charge in [0.2, 0.25) is 0 Å². The molecule has 0 saturated carbocycles. The quantitative estimate of drug-likeness (QED) is 0.274. The van der Waals surface area contributed by atoms with E-state index in [9.17, 15) is 14.4 Å². The van der Waals surface area contributed by atoms with Crippen LogP contribution in [0, 0.1) is 0 Å². The molecule has 0 spiro atoms. The van der Waals surface area contributed by atoms with Crippen LogP contribution in [0.15, 0.2) is 91.1 Å². The molecule has 178 valence electrons. The molecule has 0 aliphatic heterocycles. The third kappa shape index (κ3) is 6.35. The van der Waals surface area contributed by atoms with Crippen LogP contribution >= 0.6 is 0 Å². The van der Waals surface area contributed by atoms with Crippen LogP contribution in [0.4, 0.5) is 4.79 Å². The number of ether oxygens (including phenoxy) is 2. The number of esters is 1. The Kier molecular flexibility index (Phi) is 7.91. The fourth-order valence-electron chi connectivity index (χ4n) is 3.87. The van der Waals surface area contributed by atoms with Crippen molar-refractivity contribution in [3.05, 3.63) is 108 Å². The van der Waals surface area contributed by atoms with Crippen LogP contribution in [-0.2, 0) is 45.2 Å². The summed E-state index contributed by atoms with van der Waals surface area (Å²) in [6.07, 6.45) is 2.11. The highest BCUT2D eigenvalue weighted by Crippen LogP contribution is 2.23. The molecule has 1 unspecified atom stereocenters. The minimum absolute atomic E-state index is 0.0805. The largest absolute Gasteiger partial charge is 0.459 e. The molecule has 7 heteroatoms. The second-order valence-electron chi connectivity index (χ2n) is 8.05. The standard InChI is InChI=1S/C28H26N2O5/c31-16-15-30-18-23(24-13-7-8-14-26(24)30)17-25(27(32)34-19-21-9-3-1-4-10-21)29-28(33)35-20-22-11-5-2-6-12-22/h1-14,16,18,25H,15,17,19-20H2,(H,29,33). The molecule has 1 heterocycles. The van der Waals surface area contributed by atoms with E-state index in [1.807, 2.05) is 95.7 Å². The number of nitrogens with zero attached hydrogens (tertiary/aromatic N) is 1. The summed E-state index contributed by atoms with van der Waals surface area (Å²) in [5.74, 6) is -0.572. The van der Waals surface area contributed by atoms with Crippen molar-refractivity contribution >= 4 is 29.3 Å². The normalized spacial score (nSPS) is 11.5. The Morgan fingerprint density at radius 1 is 0.829 bits per heavy atom. The molecule has 35 heavy (non-hydrogen) atoms. The number of aromatic nitrogens is 1. The molecule has 4 aromatic rings. The van der Waals surface area contributed by atoms with Crippen molar-refractivity contribution < 1.29 is 23.9 Å². The van der Waals surface area contributed by atoms with Crippen LogP contribution in [0.3, 0.4) is 0 Å². The average molecular weight is 471 g/mol. The molecule has 0 aliphatic rings. The van der Waals surface area contributed by atoms with Crippen molar-refractivity contribution in [2.24, 2.45) is 0 Å². The molecule has 1 atom stereocenters. The maximum Gasteiger partial charge on any atom is 0.408 e. The number of benzene rings is 3. The first-order valence-corrected chi connectivity index (χ1v) is 11.3. The van der Waals surface area contributed by atoms with Gasteiger partial charge in [-0.15, -0.1) is 0 Å². The van der Waals surface area contributed by atoms with Gasteiger partial charge in [-0.1, -0.05) is 78.9 Å². The van der Waals surface area contributed by atoms with Crippen molar-refractivity contribution in [3.8, 4) is 0 Å². The van der Waals surface area contributed by atoms with Crippen LogP contribution in [0.25, 0.3) is 10.9 Å². The van der Waals surface area contributed by atoms with E-state index in [2.05, 4.69) is 5.32 Å². The van der Waals surface area contributed by atoms with E-state index in [4.69, 9.17) is 9.47 Å². The number of rotatable bonds is 10. The van der Waals surface area contributed by atoms with Gasteiger partial charge >= 0.3 is 12.1 Å². The van der Waals surface area contributed by atoms with Crippen LogP contribution in [-0.4, -0.2) is 29.0 Å². The molecule has 0 fully saturated rings. The number of para-hydroxylation sites is 1. The molecular weight excluding hydrogens is 444 g/mol. The zero-order valence-corrected chi connectivity index (χ0v) is 19.1. The van der Waals surface area contributed by atoms with E-state index >= 15 is 0 Å². The molecule has 4 rings (SSSR count). The van der Waals surface area contributed by atoms with Crippen molar-refractivity contribution in [3.63, 3.8) is 0 Å². The number of carbonyl (C=O) groups is 3. The fraction of sp³-hybridized carbons (Fsp3) is 0.179. The molecule has 1 aromatic heterocycles. The van der Waals surface area contributed by atoms with Crippen molar-refractivity contribution in [1.82, 2.24) is 9.88 Å². The summed E-state index contributed by atoms with van der Waals surface area (Å²) in [4.78, 5) is 36.8. The lowest BCUT2D eigenvalue weighted by Crippen LogP contribution is -2.43. The summed E-state index contributed by atoms with van der Waals surface area (Å²) in [7, 11) is 0. The van der Waals surface area contributed by atoms with Crippen LogP contribution in [0.5, 0.6) is 0 Å². The maximum absolute atomic E-state index is 13.0. The smallest absolute Gasteiger partial charge is 0.408 e. The zero-order chi connectivity index (χ0) is 24.5. The van der Waals surface area contributed by atoms with E-state index in [1.54, 1.807) is 0 Å². The molecular formula is C28H26N2O5. The molecule has 0 saturated heterocycles. The lowest BCUT2D eigenvalue weighted by Gasteiger charge is -2.18. The molecule has 3 aromatic carbocycles. The molecule has 1 amide bonds. The lowest BCUT2D eigenvalue weighted by atomic mass is 10.1. The summed E-state index contributed by atoms with van der Waals surface area (Å²) in [5.41, 5.74) is 3.36. The highest BCUT2D eigenvalue weighted by molar-refractivity contribution is 5.87. The Hall–Kier alpha value is -4.39. The third-order valence-corrected chi connectivity index (χ3v) is 5.58. The number of hydrogen-bond donors (Lipinski definition) is 1. The topological polar surface area (TPSA) is 86.6 Å². The number of alkyl carbamates (subject to hydrolysis) is 1. The number of amides is 1. The van der Waals surface area contributed by atoms with Gasteiger partial charge in [-0.25, -0.2) is 9.59 Å². The van der Waals surface area contributed by atoms with Crippen LogP contribution < -0.4 is 5.32 Å². The van der Waals surface area contributed by atoms with Crippen LogP contribution in [0.1, 0.15) is 16.7 Å². The monoisotopic (exact) mass is 470 g/mol. The summed E-state index contributed by atoms with van der Waals surface area (Å²) in [6, 6.07) is 25.2. The van der Waals surface area contributed by atoms with Gasteiger partial charge in [-0.3, -0.25) is 0 Å². The Morgan fingerprint density at radius 3 is 2.09 bits per heavy atom. The summed E-state index contributed by atoms with van der Waals surface area (Å²) < 4.78 is 12.7. The Labute approximate surface area is 203 Å². The summed E-state index contributed by atoms with van der Waals surface area (Å²) in [6.45, 7) is 0.358. The Morgan fingerprint density at radius 2 is 1.43 bits per heavy atom. The number of nitrogens with one attached hydrogen (secondary N) is 1. The van der Waals surface area contributed by atoms with Gasteiger partial charge in [-0.05, 0) is 22.8 Å². The molecule has 7 nitrogen and oxygen atoms in total. The van der Waals surface area contributed by atoms with Crippen LogP contribution in [0.2, 0.25) is 0 Å². The average Bonchev–Trinajstić information content (AvgIpc) is 3.24. The zero-order valence-electron chi connectivity index (χ0n) is 19.1. The van der Waals surface area contributed by atoms with Gasteiger partial charge < -0.3 is 24.2 Å². The minimum atomic E-state index is -0.975. The van der Waals surface area contributed by atoms with E-state index in [1.165, 1.54) is 0 Å². The predicted octanol–water partition coefficient (Wildman–Crippen LogP) is 4.42. The van der Waals surface area contributed by atoms with Gasteiger partial charge in [0.05, 0.1) is 6.54 Å². The number of aldehydes is 1. The Balaban J connectivity index is 1.51. The molecule has 0 bridgehead atoms. The summed E-state index contributed by atoms with van der Waals surface area (Å²) >= 11 is 0. The fourth-order valence-corrected chi connectivity index (χ4v) is 3.87. The predicted molar refractivity (Wildman–Crippen MR) is 131 cm³/mol. The molecule has 0 radical (unpaired) electrons. The van der Waals surface area contributed by atoms with Crippen molar-refractivity contribution in [2.45, 2.75) is 32.2 Å². The Bertz CT molecular complexity index is 1280. The second-order valence-corrected chi connectivity index (χ2v) is 8.05. The van der Waals surface area contributed by atoms with E-state index in [-0.39, 0.29) is 26.2 Å². The minimum Gasteiger partial charge on any atom is -0.459 e. The first-order chi connectivity index (χ1) is 17.1. The van der Waals surface area contributed by atoms with E-state index in [0.29, 0.717) is 0 Å². The van der Waals surface area contributed by atoms with Gasteiger partial charge in [0.1, 0.15) is 25.5 Å². The van der Waals surface area contributed by atoms with Gasteiger partial charge in [0.15, 0.2) is 0 Å². The van der Waals surface area contributed by atoms with Gasteiger partial charge in [-0.2, -0.15) is 0 Å². The van der Waals surface area contributed by atoms with Gasteiger partial charge in [0.25, 0.3) is 0 Å². The highest BCUT2D eigenvalue weighted by Gasteiger charge is 2.25. The van der Waals surface area contributed by atoms with E-state index < -0.39 is 18.1 Å². The first kappa shape index (κ1) is 23.8. The van der Waals surface area contributed by atoms with Crippen molar-refractivity contribution in [1.29, 1.82) is 0 Å². The first-order valence-electron chi connectivity index (χ1n) is 11.3. The molecule has 1 N–H and O–H groups in total. The highest BCUT2D eigenvalue weighted by atomic mass is 16.6. The van der Waals surface area contributed by atoms with Gasteiger partial charge in [0, 0.05) is 23.5 Å². The number of hydrogen-bond acceptors (Lipinski definition) is 5. The SMILES string of the molecule is O=CCn1cc(CC(NC(=O)OCc2ccccc2)C(=O)OCc2ccccc2)c2ccccc21. The molecule has 0 aliphatic carbocycles. The summed E-state index contributed by atoms with van der Waals surface area (Å²) in [5, 5.41) is 3.56.